The summed E-state index contributed by atoms with van der Waals surface area (Å²) in [5.41, 5.74) is 2.88. The van der Waals surface area contributed by atoms with E-state index in [1.165, 1.54) is 0 Å². The molecule has 1 N–H and O–H groups in total. The molecule has 0 amide bonds. The monoisotopic (exact) mass is 334 g/mol. The van der Waals surface area contributed by atoms with Crippen LogP contribution in [0.5, 0.6) is 0 Å². The second-order valence-electron chi connectivity index (χ2n) is 6.63. The zero-order valence-electron chi connectivity index (χ0n) is 14.4. The summed E-state index contributed by atoms with van der Waals surface area (Å²) in [6, 6.07) is 6.09. The number of imidazole rings is 1. The first kappa shape index (κ1) is 15.7. The highest BCUT2D eigenvalue weighted by atomic mass is 15.2. The van der Waals surface area contributed by atoms with Gasteiger partial charge >= 0.3 is 0 Å². The molecule has 1 aliphatic heterocycles. The molecule has 1 saturated heterocycles. The van der Waals surface area contributed by atoms with Gasteiger partial charge in [0.15, 0.2) is 5.82 Å². The predicted molar refractivity (Wildman–Crippen MR) is 97.2 cm³/mol. The molecule has 1 fully saturated rings. The molecule has 128 valence electrons. The number of piperidine rings is 1. The van der Waals surface area contributed by atoms with E-state index in [9.17, 15) is 0 Å². The Bertz CT molecular complexity index is 803. The van der Waals surface area contributed by atoms with Crippen LogP contribution in [0.2, 0.25) is 0 Å². The summed E-state index contributed by atoms with van der Waals surface area (Å²) in [7, 11) is 0. The molecule has 0 saturated carbocycles. The molecule has 4 rings (SSSR count). The minimum absolute atomic E-state index is 0.658. The van der Waals surface area contributed by atoms with Gasteiger partial charge in [0, 0.05) is 37.4 Å². The van der Waals surface area contributed by atoms with E-state index in [1.54, 1.807) is 6.20 Å². The number of pyridine rings is 1. The first-order valence-corrected chi connectivity index (χ1v) is 8.77. The van der Waals surface area contributed by atoms with Crippen molar-refractivity contribution in [3.8, 4) is 11.5 Å². The number of anilines is 1. The Morgan fingerprint density at radius 1 is 1.04 bits per heavy atom. The smallest absolute Gasteiger partial charge is 0.157 e. The molecule has 0 bridgehead atoms. The molecule has 25 heavy (non-hydrogen) atoms. The van der Waals surface area contributed by atoms with Gasteiger partial charge < -0.3 is 9.88 Å². The zero-order chi connectivity index (χ0) is 17.1. The number of H-pyrrole nitrogens is 1. The maximum atomic E-state index is 4.59. The molecule has 0 aliphatic carbocycles. The minimum atomic E-state index is 0.658. The van der Waals surface area contributed by atoms with E-state index in [1.807, 2.05) is 37.6 Å². The Balaban J connectivity index is 1.34. The number of aromatic nitrogens is 5. The van der Waals surface area contributed by atoms with Crippen molar-refractivity contribution in [1.82, 2.24) is 24.9 Å². The van der Waals surface area contributed by atoms with E-state index in [-0.39, 0.29) is 0 Å². The average Bonchev–Trinajstić information content (AvgIpc) is 3.10. The van der Waals surface area contributed by atoms with Crippen molar-refractivity contribution in [3.63, 3.8) is 0 Å². The average molecular weight is 334 g/mol. The number of hydrogen-bond donors (Lipinski definition) is 1. The summed E-state index contributed by atoms with van der Waals surface area (Å²) >= 11 is 0. The fraction of sp³-hybridized carbons (Fsp3) is 0.368. The summed E-state index contributed by atoms with van der Waals surface area (Å²) in [5.74, 6) is 2.52. The Hall–Kier alpha value is -2.76. The van der Waals surface area contributed by atoms with Crippen LogP contribution in [-0.4, -0.2) is 38.0 Å². The fourth-order valence-electron chi connectivity index (χ4n) is 3.33. The molecule has 4 heterocycles. The third kappa shape index (κ3) is 3.68. The summed E-state index contributed by atoms with van der Waals surface area (Å²) in [6.07, 6.45) is 10.7. The van der Waals surface area contributed by atoms with Crippen LogP contribution < -0.4 is 4.90 Å². The highest BCUT2D eigenvalue weighted by Crippen LogP contribution is 2.24. The zero-order valence-corrected chi connectivity index (χ0v) is 14.4. The van der Waals surface area contributed by atoms with Crippen molar-refractivity contribution >= 4 is 5.82 Å². The summed E-state index contributed by atoms with van der Waals surface area (Å²) < 4.78 is 0. The molecule has 0 atom stereocenters. The largest absolute Gasteiger partial charge is 0.357 e. The second-order valence-corrected chi connectivity index (χ2v) is 6.63. The van der Waals surface area contributed by atoms with Gasteiger partial charge in [0.25, 0.3) is 0 Å². The van der Waals surface area contributed by atoms with Crippen LogP contribution in [0.3, 0.4) is 0 Å². The molecule has 6 nitrogen and oxygen atoms in total. The van der Waals surface area contributed by atoms with Crippen molar-refractivity contribution < 1.29 is 0 Å². The number of aromatic amines is 1. The maximum Gasteiger partial charge on any atom is 0.157 e. The van der Waals surface area contributed by atoms with Gasteiger partial charge in [0.05, 0.1) is 11.9 Å². The van der Waals surface area contributed by atoms with E-state index < -0.39 is 0 Å². The van der Waals surface area contributed by atoms with Gasteiger partial charge in [-0.3, -0.25) is 4.98 Å². The highest BCUT2D eigenvalue weighted by molar-refractivity contribution is 5.47. The van der Waals surface area contributed by atoms with Crippen molar-refractivity contribution in [3.05, 3.63) is 54.4 Å². The molecule has 3 aromatic rings. The molecule has 0 spiro atoms. The van der Waals surface area contributed by atoms with Crippen molar-refractivity contribution in [2.75, 3.05) is 18.0 Å². The van der Waals surface area contributed by atoms with Crippen molar-refractivity contribution in [2.45, 2.75) is 26.2 Å². The number of nitrogens with one attached hydrogen (secondary N) is 1. The highest BCUT2D eigenvalue weighted by Gasteiger charge is 2.20. The van der Waals surface area contributed by atoms with Crippen LogP contribution in [0.1, 0.15) is 24.2 Å². The lowest BCUT2D eigenvalue weighted by Gasteiger charge is -2.32. The quantitative estimate of drug-likeness (QED) is 0.794. The normalized spacial score (nSPS) is 15.5. The molecule has 1 aliphatic rings. The van der Waals surface area contributed by atoms with Crippen LogP contribution in [-0.2, 0) is 6.42 Å². The second kappa shape index (κ2) is 7.01. The summed E-state index contributed by atoms with van der Waals surface area (Å²) in [4.78, 5) is 23.4. The molecule has 0 radical (unpaired) electrons. The topological polar surface area (TPSA) is 70.6 Å². The standard InChI is InChI=1S/C19H22N6/c1-14-11-23-19(24-14)17-13-21-16(12-22-17)10-15-5-8-25(9-6-15)18-4-2-3-7-20-18/h2-4,7,11-13,15H,5-6,8-10H2,1H3,(H,23,24). The van der Waals surface area contributed by atoms with E-state index >= 15 is 0 Å². The maximum absolute atomic E-state index is 4.59. The van der Waals surface area contributed by atoms with Gasteiger partial charge in [0.2, 0.25) is 0 Å². The van der Waals surface area contributed by atoms with Gasteiger partial charge in [-0.2, -0.15) is 0 Å². The molecular formula is C19H22N6. The molecule has 6 heteroatoms. The van der Waals surface area contributed by atoms with Crippen LogP contribution in [0.15, 0.2) is 43.0 Å². The first-order chi connectivity index (χ1) is 12.3. The Labute approximate surface area is 147 Å². The van der Waals surface area contributed by atoms with E-state index in [4.69, 9.17) is 0 Å². The number of nitrogens with zero attached hydrogens (tertiary/aromatic N) is 5. The van der Waals surface area contributed by atoms with Gasteiger partial charge in [-0.1, -0.05) is 6.07 Å². The van der Waals surface area contributed by atoms with Crippen molar-refractivity contribution in [2.24, 2.45) is 5.92 Å². The fourth-order valence-corrected chi connectivity index (χ4v) is 3.33. The molecule has 0 aromatic carbocycles. The summed E-state index contributed by atoms with van der Waals surface area (Å²) in [5, 5.41) is 0. The first-order valence-electron chi connectivity index (χ1n) is 8.77. The van der Waals surface area contributed by atoms with Gasteiger partial charge in [-0.25, -0.2) is 15.0 Å². The third-order valence-electron chi connectivity index (χ3n) is 4.74. The Kier molecular flexibility index (Phi) is 4.41. The number of rotatable bonds is 4. The van der Waals surface area contributed by atoms with Gasteiger partial charge in [0.1, 0.15) is 11.5 Å². The molecule has 3 aromatic heterocycles. The summed E-state index contributed by atoms with van der Waals surface area (Å²) in [6.45, 7) is 4.09. The van der Waals surface area contributed by atoms with Gasteiger partial charge in [-0.15, -0.1) is 0 Å². The Morgan fingerprint density at radius 2 is 1.92 bits per heavy atom. The van der Waals surface area contributed by atoms with Crippen LogP contribution in [0.25, 0.3) is 11.5 Å². The van der Waals surface area contributed by atoms with Crippen LogP contribution in [0, 0.1) is 12.8 Å². The van der Waals surface area contributed by atoms with Crippen molar-refractivity contribution in [1.29, 1.82) is 0 Å². The van der Waals surface area contributed by atoms with Crippen LogP contribution in [0.4, 0.5) is 5.82 Å². The lowest BCUT2D eigenvalue weighted by Crippen LogP contribution is -2.34. The number of hydrogen-bond acceptors (Lipinski definition) is 5. The number of aryl methyl sites for hydroxylation is 1. The lowest BCUT2D eigenvalue weighted by molar-refractivity contribution is 0.399. The van der Waals surface area contributed by atoms with Crippen LogP contribution >= 0.6 is 0 Å². The van der Waals surface area contributed by atoms with E-state index in [0.29, 0.717) is 5.92 Å². The Morgan fingerprint density at radius 3 is 2.56 bits per heavy atom. The molecule has 0 unspecified atom stereocenters. The van der Waals surface area contributed by atoms with E-state index in [2.05, 4.69) is 35.9 Å². The lowest BCUT2D eigenvalue weighted by atomic mass is 9.92. The predicted octanol–water partition coefficient (Wildman–Crippen LogP) is 3.03. The molecular weight excluding hydrogens is 312 g/mol. The third-order valence-corrected chi connectivity index (χ3v) is 4.74. The van der Waals surface area contributed by atoms with Gasteiger partial charge in [-0.05, 0) is 44.2 Å². The minimum Gasteiger partial charge on any atom is -0.357 e. The van der Waals surface area contributed by atoms with E-state index in [0.717, 1.165) is 61.1 Å². The SMILES string of the molecule is Cc1cnc(-c2cnc(CC3CCN(c4ccccn4)CC3)cn2)[nH]1.